The van der Waals surface area contributed by atoms with Crippen molar-refractivity contribution in [2.45, 2.75) is 5.92 Å². The molecule has 0 fully saturated rings. The molecule has 2 aliphatic rings. The molecule has 214 valence electrons. The van der Waals surface area contributed by atoms with Gasteiger partial charge >= 0.3 is 6.09 Å². The van der Waals surface area contributed by atoms with Crippen LogP contribution in [0.2, 0.25) is 0 Å². The predicted octanol–water partition coefficient (Wildman–Crippen LogP) is 2.86. The second kappa shape index (κ2) is 15.3. The van der Waals surface area contributed by atoms with E-state index in [9.17, 15) is 14.4 Å². The van der Waals surface area contributed by atoms with E-state index < -0.39 is 0 Å². The molecule has 2 aromatic rings. The summed E-state index contributed by atoms with van der Waals surface area (Å²) in [6.07, 6.45) is 2.13. The summed E-state index contributed by atoms with van der Waals surface area (Å²) in [5.74, 6) is -0.590. The molecule has 0 unspecified atom stereocenters. The smallest absolute Gasteiger partial charge is 0.409 e. The van der Waals surface area contributed by atoms with Gasteiger partial charge in [0, 0.05) is 31.7 Å². The number of rotatable bonds is 17. The molecule has 1 heterocycles. The van der Waals surface area contributed by atoms with Crippen molar-refractivity contribution < 1.29 is 38.1 Å². The number of nitrogens with zero attached hydrogens (tertiary/aromatic N) is 2. The van der Waals surface area contributed by atoms with E-state index in [0.29, 0.717) is 59.4 Å². The molecule has 2 aromatic carbocycles. The lowest BCUT2D eigenvalue weighted by molar-refractivity contribution is -0.137. The largest absolute Gasteiger partial charge is 0.448 e. The van der Waals surface area contributed by atoms with E-state index in [1.165, 1.54) is 39.3 Å². The predicted molar refractivity (Wildman–Crippen MR) is 147 cm³/mol. The van der Waals surface area contributed by atoms with Gasteiger partial charge in [-0.05, 0) is 22.3 Å². The fourth-order valence-corrected chi connectivity index (χ4v) is 4.57. The van der Waals surface area contributed by atoms with E-state index in [-0.39, 0.29) is 37.0 Å². The Morgan fingerprint density at radius 1 is 0.725 bits per heavy atom. The van der Waals surface area contributed by atoms with Gasteiger partial charge in [-0.2, -0.15) is 0 Å². The molecule has 0 bridgehead atoms. The zero-order valence-corrected chi connectivity index (χ0v) is 22.8. The number of ether oxygens (including phenoxy) is 5. The summed E-state index contributed by atoms with van der Waals surface area (Å²) in [5.41, 5.74) is 4.77. The van der Waals surface area contributed by atoms with Gasteiger partial charge in [0.25, 0.3) is 11.8 Å². The van der Waals surface area contributed by atoms with Crippen molar-refractivity contribution in [2.24, 2.45) is 0 Å². The highest BCUT2D eigenvalue weighted by Gasteiger charge is 2.29. The van der Waals surface area contributed by atoms with Gasteiger partial charge < -0.3 is 28.6 Å². The van der Waals surface area contributed by atoms with Crippen molar-refractivity contribution in [3.8, 4) is 11.1 Å². The van der Waals surface area contributed by atoms with E-state index in [2.05, 4.69) is 24.3 Å². The topological polar surface area (TPSA) is 104 Å². The fourth-order valence-electron chi connectivity index (χ4n) is 4.57. The van der Waals surface area contributed by atoms with Gasteiger partial charge in [0.2, 0.25) is 0 Å². The maximum Gasteiger partial charge on any atom is 0.409 e. The Morgan fingerprint density at radius 2 is 1.20 bits per heavy atom. The number of carbonyl (C=O) groups excluding carboxylic acids is 3. The van der Waals surface area contributed by atoms with Crippen molar-refractivity contribution in [1.29, 1.82) is 0 Å². The first-order valence-corrected chi connectivity index (χ1v) is 13.5. The maximum absolute atomic E-state index is 12.5. The third kappa shape index (κ3) is 7.98. The Labute approximate surface area is 234 Å². The average Bonchev–Trinajstić information content (AvgIpc) is 3.47. The van der Waals surface area contributed by atoms with Crippen LogP contribution in [-0.4, -0.2) is 107 Å². The molecular weight excluding hydrogens is 516 g/mol. The molecule has 1 aliphatic heterocycles. The molecule has 4 rings (SSSR count). The molecule has 1 aliphatic carbocycles. The Kier molecular flexibility index (Phi) is 11.2. The molecule has 10 nitrogen and oxygen atoms in total. The van der Waals surface area contributed by atoms with E-state index in [0.717, 1.165) is 4.90 Å². The van der Waals surface area contributed by atoms with Crippen LogP contribution in [0.3, 0.4) is 0 Å². The zero-order chi connectivity index (χ0) is 28.2. The van der Waals surface area contributed by atoms with Crippen molar-refractivity contribution in [1.82, 2.24) is 9.80 Å². The minimum absolute atomic E-state index is 0.0334. The molecule has 0 atom stereocenters. The van der Waals surface area contributed by atoms with Crippen molar-refractivity contribution >= 4 is 17.9 Å². The lowest BCUT2D eigenvalue weighted by Gasteiger charge is -2.19. The number of benzene rings is 2. The maximum atomic E-state index is 12.5. The molecule has 40 heavy (non-hydrogen) atoms. The SMILES string of the molecule is CN(CCOCCOCCOCCOCCN1C(=O)C=CC1=O)C(=O)OCC1c2ccccc2-c2ccccc21. The first-order chi connectivity index (χ1) is 19.6. The summed E-state index contributed by atoms with van der Waals surface area (Å²) in [5, 5.41) is 0. The lowest BCUT2D eigenvalue weighted by Crippen LogP contribution is -2.33. The monoisotopic (exact) mass is 552 g/mol. The second-order valence-corrected chi connectivity index (χ2v) is 9.34. The Bertz CT molecular complexity index is 1120. The Morgan fingerprint density at radius 3 is 1.75 bits per heavy atom. The third-order valence-electron chi connectivity index (χ3n) is 6.69. The summed E-state index contributed by atoms with van der Waals surface area (Å²) >= 11 is 0. The highest BCUT2D eigenvalue weighted by molar-refractivity contribution is 6.12. The molecule has 3 amide bonds. The van der Waals surface area contributed by atoms with E-state index in [4.69, 9.17) is 23.7 Å². The molecule has 0 N–H and O–H groups in total. The van der Waals surface area contributed by atoms with Gasteiger partial charge in [-0.25, -0.2) is 4.79 Å². The molecular formula is C30H36N2O8. The second-order valence-electron chi connectivity index (χ2n) is 9.34. The quantitative estimate of drug-likeness (QED) is 0.218. The minimum atomic E-state index is -0.377. The van der Waals surface area contributed by atoms with Crippen LogP contribution in [0.15, 0.2) is 60.7 Å². The summed E-state index contributed by atoms with van der Waals surface area (Å²) in [7, 11) is 1.70. The van der Waals surface area contributed by atoms with Crippen LogP contribution >= 0.6 is 0 Å². The van der Waals surface area contributed by atoms with Crippen LogP contribution in [0, 0.1) is 0 Å². The number of carbonyl (C=O) groups is 3. The molecule has 0 radical (unpaired) electrons. The molecule has 0 saturated carbocycles. The highest BCUT2D eigenvalue weighted by atomic mass is 16.6. The Hall–Kier alpha value is -3.57. The molecule has 0 aromatic heterocycles. The van der Waals surface area contributed by atoms with Crippen molar-refractivity contribution in [3.63, 3.8) is 0 Å². The van der Waals surface area contributed by atoms with Gasteiger partial charge in [-0.15, -0.1) is 0 Å². The molecule has 0 saturated heterocycles. The van der Waals surface area contributed by atoms with Gasteiger partial charge in [-0.3, -0.25) is 14.5 Å². The number of amides is 3. The van der Waals surface area contributed by atoms with Crippen LogP contribution in [0.1, 0.15) is 17.0 Å². The van der Waals surface area contributed by atoms with Crippen LogP contribution in [0.4, 0.5) is 4.79 Å². The van der Waals surface area contributed by atoms with Crippen LogP contribution in [0.5, 0.6) is 0 Å². The van der Waals surface area contributed by atoms with E-state index >= 15 is 0 Å². The van der Waals surface area contributed by atoms with E-state index in [1.807, 2.05) is 24.3 Å². The fraction of sp³-hybridized carbons (Fsp3) is 0.433. The lowest BCUT2D eigenvalue weighted by atomic mass is 9.98. The van der Waals surface area contributed by atoms with E-state index in [1.54, 1.807) is 7.05 Å². The summed E-state index contributed by atoms with van der Waals surface area (Å²) < 4.78 is 27.5. The van der Waals surface area contributed by atoms with Gasteiger partial charge in [0.1, 0.15) is 6.61 Å². The number of fused-ring (bicyclic) bond motifs is 3. The van der Waals surface area contributed by atoms with Crippen LogP contribution < -0.4 is 0 Å². The van der Waals surface area contributed by atoms with Crippen LogP contribution in [0.25, 0.3) is 11.1 Å². The normalized spacial score (nSPS) is 14.1. The average molecular weight is 553 g/mol. The number of imide groups is 1. The third-order valence-corrected chi connectivity index (χ3v) is 6.69. The minimum Gasteiger partial charge on any atom is -0.448 e. The summed E-state index contributed by atoms with van der Waals surface area (Å²) in [4.78, 5) is 38.0. The highest BCUT2D eigenvalue weighted by Crippen LogP contribution is 2.44. The molecule has 0 spiro atoms. The first kappa shape index (κ1) is 29.4. The van der Waals surface area contributed by atoms with Gasteiger partial charge in [0.05, 0.1) is 59.4 Å². The van der Waals surface area contributed by atoms with Gasteiger partial charge in [0.15, 0.2) is 0 Å². The summed E-state index contributed by atoms with van der Waals surface area (Å²) in [6, 6.07) is 16.5. The summed E-state index contributed by atoms with van der Waals surface area (Å²) in [6.45, 7) is 4.00. The molecule has 10 heteroatoms. The first-order valence-electron chi connectivity index (χ1n) is 13.5. The number of hydrogen-bond acceptors (Lipinski definition) is 8. The zero-order valence-electron chi connectivity index (χ0n) is 22.8. The number of hydrogen-bond donors (Lipinski definition) is 0. The standard InChI is InChI=1S/C30H36N2O8/c1-31(30(35)40-22-27-25-8-4-2-6-23(25)24-7-3-5-9-26(24)27)12-14-36-16-18-38-20-21-39-19-17-37-15-13-32-28(33)10-11-29(32)34/h2-11,27H,12-22H2,1H3. The van der Waals surface area contributed by atoms with Gasteiger partial charge in [-0.1, -0.05) is 48.5 Å². The van der Waals surface area contributed by atoms with Crippen LogP contribution in [-0.2, 0) is 33.3 Å². The van der Waals surface area contributed by atoms with Crippen molar-refractivity contribution in [3.05, 3.63) is 71.8 Å². The Balaban J connectivity index is 0.974. The van der Waals surface area contributed by atoms with Crippen molar-refractivity contribution in [2.75, 3.05) is 79.6 Å². The number of likely N-dealkylation sites (N-methyl/N-ethyl adjacent to an activating group) is 1.